The van der Waals surface area contributed by atoms with Gasteiger partial charge in [0.15, 0.2) is 0 Å². The van der Waals surface area contributed by atoms with E-state index in [0.29, 0.717) is 0 Å². The Labute approximate surface area is 387 Å². The van der Waals surface area contributed by atoms with Crippen molar-refractivity contribution in [1.29, 1.82) is 0 Å². The first kappa shape index (κ1) is 38.2. The standard InChI is InChI=1S/C63H41NOS/c1-3-16-43(17-4-1)60-55-23-9-13-28-58(55)65-61(60)44-32-38-48(39-33-44)64(47-36-30-42(31-37-47)50-24-15-25-54-53-22-10-14-29-59(53)66-62(50)54)49-40-34-46(35-41-49)63(45-18-5-2-6-19-45)56-26-11-7-20-51(56)52-21-8-12-27-57(52)63/h1-41H. The summed E-state index contributed by atoms with van der Waals surface area (Å²) in [4.78, 5) is 2.37. The molecule has 2 nitrogen and oxygen atoms in total. The van der Waals surface area contributed by atoms with Gasteiger partial charge in [0.2, 0.25) is 0 Å². The molecule has 0 aliphatic heterocycles. The molecule has 66 heavy (non-hydrogen) atoms. The Morgan fingerprint density at radius 2 is 0.848 bits per heavy atom. The Balaban J connectivity index is 0.953. The van der Waals surface area contributed by atoms with Gasteiger partial charge < -0.3 is 9.32 Å². The lowest BCUT2D eigenvalue weighted by molar-refractivity contribution is 0.632. The summed E-state index contributed by atoms with van der Waals surface area (Å²) in [5, 5.41) is 3.72. The van der Waals surface area contributed by atoms with Gasteiger partial charge in [-0.1, -0.05) is 188 Å². The first-order valence-corrected chi connectivity index (χ1v) is 23.4. The molecular weight excluding hydrogens is 819 g/mol. The number of furan rings is 1. The zero-order valence-electron chi connectivity index (χ0n) is 35.9. The van der Waals surface area contributed by atoms with Gasteiger partial charge in [-0.3, -0.25) is 0 Å². The Morgan fingerprint density at radius 1 is 0.348 bits per heavy atom. The van der Waals surface area contributed by atoms with E-state index in [-0.39, 0.29) is 0 Å². The second kappa shape index (κ2) is 15.5. The summed E-state index contributed by atoms with van der Waals surface area (Å²) >= 11 is 1.87. The molecule has 0 radical (unpaired) electrons. The fourth-order valence-electron chi connectivity index (χ4n) is 10.7. The molecule has 2 aromatic heterocycles. The van der Waals surface area contributed by atoms with Crippen LogP contribution in [0.4, 0.5) is 17.1 Å². The first-order valence-electron chi connectivity index (χ1n) is 22.6. The lowest BCUT2D eigenvalue weighted by Gasteiger charge is -2.34. The van der Waals surface area contributed by atoms with E-state index in [9.17, 15) is 0 Å². The third-order valence-electron chi connectivity index (χ3n) is 13.6. The van der Waals surface area contributed by atoms with E-state index in [0.717, 1.165) is 50.5 Å². The van der Waals surface area contributed by atoms with E-state index >= 15 is 0 Å². The van der Waals surface area contributed by atoms with Crippen LogP contribution in [-0.4, -0.2) is 0 Å². The third kappa shape index (κ3) is 5.94. The van der Waals surface area contributed by atoms with Gasteiger partial charge >= 0.3 is 0 Å². The number of anilines is 3. The highest BCUT2D eigenvalue weighted by atomic mass is 32.1. The maximum atomic E-state index is 6.66. The van der Waals surface area contributed by atoms with Gasteiger partial charge in [0.25, 0.3) is 0 Å². The van der Waals surface area contributed by atoms with E-state index < -0.39 is 5.41 Å². The van der Waals surface area contributed by atoms with Crippen LogP contribution in [0.5, 0.6) is 0 Å². The van der Waals surface area contributed by atoms with Crippen LogP contribution < -0.4 is 4.90 Å². The van der Waals surface area contributed by atoms with Gasteiger partial charge in [-0.25, -0.2) is 0 Å². The van der Waals surface area contributed by atoms with Crippen molar-refractivity contribution in [2.24, 2.45) is 0 Å². The lowest BCUT2D eigenvalue weighted by atomic mass is 9.68. The Morgan fingerprint density at radius 3 is 1.53 bits per heavy atom. The summed E-state index contributed by atoms with van der Waals surface area (Å²) in [5.41, 5.74) is 17.0. The van der Waals surface area contributed by atoms with Crippen molar-refractivity contribution in [2.75, 3.05) is 4.90 Å². The van der Waals surface area contributed by atoms with Gasteiger partial charge in [-0.2, -0.15) is 0 Å². The van der Waals surface area contributed by atoms with E-state index in [4.69, 9.17) is 4.42 Å². The zero-order chi connectivity index (χ0) is 43.6. The summed E-state index contributed by atoms with van der Waals surface area (Å²) in [6, 6.07) is 90.5. The number of benzene rings is 10. The first-order chi connectivity index (χ1) is 32.7. The predicted octanol–water partition coefficient (Wildman–Crippen LogP) is 17.6. The molecule has 0 N–H and O–H groups in total. The minimum atomic E-state index is -0.474. The predicted molar refractivity (Wildman–Crippen MR) is 277 cm³/mol. The topological polar surface area (TPSA) is 16.4 Å². The number of hydrogen-bond donors (Lipinski definition) is 0. The quantitative estimate of drug-likeness (QED) is 0.151. The number of rotatable bonds is 8. The Hall–Kier alpha value is -8.24. The van der Waals surface area contributed by atoms with Crippen LogP contribution in [0.3, 0.4) is 0 Å². The van der Waals surface area contributed by atoms with Crippen molar-refractivity contribution in [3.05, 3.63) is 271 Å². The number of nitrogens with zero attached hydrogens (tertiary/aromatic N) is 1. The van der Waals surface area contributed by atoms with E-state index in [1.54, 1.807) is 0 Å². The monoisotopic (exact) mass is 859 g/mol. The minimum Gasteiger partial charge on any atom is -0.455 e. The summed E-state index contributed by atoms with van der Waals surface area (Å²) in [5.74, 6) is 0.868. The van der Waals surface area contributed by atoms with Gasteiger partial charge in [0.1, 0.15) is 11.3 Å². The number of hydrogen-bond acceptors (Lipinski definition) is 3. The Kier molecular flexibility index (Phi) is 8.97. The molecule has 0 fully saturated rings. The molecule has 0 amide bonds. The molecule has 0 saturated heterocycles. The molecule has 0 spiro atoms. The zero-order valence-corrected chi connectivity index (χ0v) is 36.8. The fourth-order valence-corrected chi connectivity index (χ4v) is 11.9. The highest BCUT2D eigenvalue weighted by Gasteiger charge is 2.45. The van der Waals surface area contributed by atoms with Crippen molar-refractivity contribution in [3.8, 4) is 44.7 Å². The van der Waals surface area contributed by atoms with Gasteiger partial charge in [-0.05, 0) is 111 Å². The highest BCUT2D eigenvalue weighted by molar-refractivity contribution is 7.26. The SMILES string of the molecule is c1ccc(-c2c(-c3ccc(N(c4ccc(-c5cccc6c5sc5ccccc56)cc4)c4ccc(C5(c6ccccc6)c6ccccc6-c6ccccc65)cc4)cc3)oc3ccccc23)cc1. The van der Waals surface area contributed by atoms with Crippen molar-refractivity contribution in [3.63, 3.8) is 0 Å². The highest BCUT2D eigenvalue weighted by Crippen LogP contribution is 2.56. The van der Waals surface area contributed by atoms with Crippen LogP contribution >= 0.6 is 11.3 Å². The Bertz CT molecular complexity index is 3690. The van der Waals surface area contributed by atoms with E-state index in [1.165, 1.54) is 64.7 Å². The van der Waals surface area contributed by atoms with Crippen LogP contribution in [0.2, 0.25) is 0 Å². The van der Waals surface area contributed by atoms with Crippen LogP contribution in [0.15, 0.2) is 253 Å². The molecular formula is C63H41NOS. The van der Waals surface area contributed by atoms with Gasteiger partial charge in [0, 0.05) is 53.7 Å². The van der Waals surface area contributed by atoms with Crippen LogP contribution in [0, 0.1) is 0 Å². The molecule has 310 valence electrons. The molecule has 13 rings (SSSR count). The number of thiophene rings is 1. The molecule has 1 aliphatic carbocycles. The lowest BCUT2D eigenvalue weighted by Crippen LogP contribution is -2.28. The van der Waals surface area contributed by atoms with Gasteiger partial charge in [-0.15, -0.1) is 11.3 Å². The molecule has 0 atom stereocenters. The molecule has 1 aliphatic rings. The molecule has 10 aromatic carbocycles. The van der Waals surface area contributed by atoms with Gasteiger partial charge in [0.05, 0.1) is 5.41 Å². The maximum Gasteiger partial charge on any atom is 0.143 e. The van der Waals surface area contributed by atoms with Crippen molar-refractivity contribution >= 4 is 59.5 Å². The summed E-state index contributed by atoms with van der Waals surface area (Å²) in [6.07, 6.45) is 0. The average molecular weight is 860 g/mol. The summed E-state index contributed by atoms with van der Waals surface area (Å²) in [6.45, 7) is 0. The molecule has 2 heterocycles. The smallest absolute Gasteiger partial charge is 0.143 e. The average Bonchev–Trinajstić information content (AvgIpc) is 4.07. The molecule has 0 unspecified atom stereocenters. The van der Waals surface area contributed by atoms with Crippen LogP contribution in [0.1, 0.15) is 22.3 Å². The summed E-state index contributed by atoms with van der Waals surface area (Å²) in [7, 11) is 0. The maximum absolute atomic E-state index is 6.66. The van der Waals surface area contributed by atoms with E-state index in [1.807, 2.05) is 17.4 Å². The molecule has 3 heteroatoms. The second-order valence-electron chi connectivity index (χ2n) is 17.1. The van der Waals surface area contributed by atoms with Crippen LogP contribution in [0.25, 0.3) is 75.8 Å². The third-order valence-corrected chi connectivity index (χ3v) is 14.8. The number of para-hydroxylation sites is 1. The molecule has 0 saturated carbocycles. The van der Waals surface area contributed by atoms with Crippen molar-refractivity contribution in [1.82, 2.24) is 0 Å². The summed E-state index contributed by atoms with van der Waals surface area (Å²) < 4.78 is 9.29. The van der Waals surface area contributed by atoms with Crippen molar-refractivity contribution < 1.29 is 4.42 Å². The second-order valence-corrected chi connectivity index (χ2v) is 18.2. The van der Waals surface area contributed by atoms with Crippen molar-refractivity contribution in [2.45, 2.75) is 5.41 Å². The molecule has 12 aromatic rings. The van der Waals surface area contributed by atoms with E-state index in [2.05, 4.69) is 248 Å². The normalized spacial score (nSPS) is 12.7. The fraction of sp³-hybridized carbons (Fsp3) is 0.0159. The molecule has 0 bridgehead atoms. The number of fused-ring (bicyclic) bond motifs is 7. The minimum absolute atomic E-state index is 0.474. The largest absolute Gasteiger partial charge is 0.455 e. The van der Waals surface area contributed by atoms with Crippen LogP contribution in [-0.2, 0) is 5.41 Å².